The van der Waals surface area contributed by atoms with Crippen LogP contribution in [0.3, 0.4) is 0 Å². The van der Waals surface area contributed by atoms with E-state index in [0.717, 1.165) is 12.1 Å². The van der Waals surface area contributed by atoms with Crippen LogP contribution in [0.1, 0.15) is 29.3 Å². The Labute approximate surface area is 117 Å². The van der Waals surface area contributed by atoms with E-state index in [4.69, 9.17) is 9.63 Å². The highest BCUT2D eigenvalue weighted by molar-refractivity contribution is 5.66. The largest absolute Gasteiger partial charge is 0.481 e. The van der Waals surface area contributed by atoms with Crippen LogP contribution in [0.15, 0.2) is 28.8 Å². The number of aliphatic carboxylic acids is 1. The van der Waals surface area contributed by atoms with Crippen molar-refractivity contribution in [1.29, 1.82) is 0 Å². The molecule has 0 saturated carbocycles. The third kappa shape index (κ3) is 4.30. The van der Waals surface area contributed by atoms with Crippen LogP contribution >= 0.6 is 0 Å². The summed E-state index contributed by atoms with van der Waals surface area (Å²) in [4.78, 5) is 14.4. The second-order valence-corrected chi connectivity index (χ2v) is 4.37. The number of rotatable bonds is 5. The average molecular weight is 300 g/mol. The number of benzene rings is 1. The van der Waals surface area contributed by atoms with Crippen LogP contribution in [-0.4, -0.2) is 21.2 Å². The maximum atomic E-state index is 12.4. The third-order valence-corrected chi connectivity index (χ3v) is 2.71. The first-order valence-electron chi connectivity index (χ1n) is 6.04. The topological polar surface area (TPSA) is 76.2 Å². The van der Waals surface area contributed by atoms with E-state index in [0.29, 0.717) is 11.4 Å². The maximum absolute atomic E-state index is 12.4. The van der Waals surface area contributed by atoms with E-state index in [1.807, 2.05) is 0 Å². The monoisotopic (exact) mass is 300 g/mol. The molecule has 0 aliphatic heterocycles. The van der Waals surface area contributed by atoms with Crippen molar-refractivity contribution in [2.45, 2.75) is 25.4 Å². The Morgan fingerprint density at radius 1 is 1.24 bits per heavy atom. The molecule has 1 aromatic carbocycles. The molecule has 2 rings (SSSR count). The van der Waals surface area contributed by atoms with Gasteiger partial charge in [0.05, 0.1) is 12.0 Å². The predicted octanol–water partition coefficient (Wildman–Crippen LogP) is 2.70. The lowest BCUT2D eigenvalue weighted by Crippen LogP contribution is -2.04. The summed E-state index contributed by atoms with van der Waals surface area (Å²) in [5.74, 6) is -0.480. The highest BCUT2D eigenvalue weighted by Crippen LogP contribution is 2.29. The van der Waals surface area contributed by atoms with Gasteiger partial charge in [0.25, 0.3) is 0 Å². The molecule has 0 unspecified atom stereocenters. The number of hydrogen-bond donors (Lipinski definition) is 1. The normalized spacial score (nSPS) is 11.6. The predicted molar refractivity (Wildman–Crippen MR) is 64.5 cm³/mol. The van der Waals surface area contributed by atoms with Gasteiger partial charge in [-0.1, -0.05) is 17.3 Å². The first kappa shape index (κ1) is 15.0. The lowest BCUT2D eigenvalue weighted by molar-refractivity contribution is -0.138. The first-order chi connectivity index (χ1) is 9.84. The Balaban J connectivity index is 2.00. The van der Waals surface area contributed by atoms with Gasteiger partial charge in [0, 0.05) is 12.8 Å². The molecule has 0 aliphatic carbocycles. The Morgan fingerprint density at radius 2 is 1.90 bits per heavy atom. The van der Waals surface area contributed by atoms with E-state index < -0.39 is 17.7 Å². The van der Waals surface area contributed by atoms with Gasteiger partial charge in [-0.05, 0) is 17.7 Å². The van der Waals surface area contributed by atoms with Gasteiger partial charge in [-0.25, -0.2) is 0 Å². The standard InChI is InChI=1S/C13H11F3N2O3/c14-13(15,16)9-3-1-8(2-4-9)7-10-17-11(21-18-10)5-6-12(19)20/h1-4H,5-7H2,(H,19,20). The van der Waals surface area contributed by atoms with E-state index >= 15 is 0 Å². The molecule has 0 spiro atoms. The lowest BCUT2D eigenvalue weighted by Gasteiger charge is -2.06. The molecule has 1 heterocycles. The van der Waals surface area contributed by atoms with Crippen molar-refractivity contribution < 1.29 is 27.6 Å². The van der Waals surface area contributed by atoms with Crippen molar-refractivity contribution in [2.75, 3.05) is 0 Å². The smallest absolute Gasteiger partial charge is 0.416 e. The average Bonchev–Trinajstić information content (AvgIpc) is 2.83. The lowest BCUT2D eigenvalue weighted by atomic mass is 10.1. The van der Waals surface area contributed by atoms with Crippen LogP contribution in [0.25, 0.3) is 0 Å². The Hall–Kier alpha value is -2.38. The highest BCUT2D eigenvalue weighted by atomic mass is 19.4. The van der Waals surface area contributed by atoms with Gasteiger partial charge in [-0.2, -0.15) is 18.2 Å². The number of carboxylic acid groups (broad SMARTS) is 1. The van der Waals surface area contributed by atoms with E-state index in [1.54, 1.807) is 0 Å². The molecule has 0 atom stereocenters. The Bertz CT molecular complexity index is 620. The van der Waals surface area contributed by atoms with Crippen molar-refractivity contribution >= 4 is 5.97 Å². The molecule has 0 amide bonds. The summed E-state index contributed by atoms with van der Waals surface area (Å²) < 4.78 is 42.1. The number of aryl methyl sites for hydroxylation is 1. The molecule has 8 heteroatoms. The molecule has 21 heavy (non-hydrogen) atoms. The zero-order valence-electron chi connectivity index (χ0n) is 10.7. The summed E-state index contributed by atoms with van der Waals surface area (Å²) in [6, 6.07) is 4.66. The van der Waals surface area contributed by atoms with Crippen molar-refractivity contribution in [3.63, 3.8) is 0 Å². The molecule has 0 saturated heterocycles. The minimum atomic E-state index is -4.37. The molecule has 1 N–H and O–H groups in total. The SMILES string of the molecule is O=C(O)CCc1nc(Cc2ccc(C(F)(F)F)cc2)no1. The molecular weight excluding hydrogens is 289 g/mol. The number of alkyl halides is 3. The zero-order valence-corrected chi connectivity index (χ0v) is 10.7. The van der Waals surface area contributed by atoms with Crippen LogP contribution in [0, 0.1) is 0 Å². The van der Waals surface area contributed by atoms with Crippen molar-refractivity contribution in [3.8, 4) is 0 Å². The maximum Gasteiger partial charge on any atom is 0.416 e. The van der Waals surface area contributed by atoms with Crippen molar-refractivity contribution in [1.82, 2.24) is 10.1 Å². The molecule has 0 radical (unpaired) electrons. The molecule has 112 valence electrons. The summed E-state index contributed by atoms with van der Waals surface area (Å²) in [7, 11) is 0. The van der Waals surface area contributed by atoms with E-state index in [2.05, 4.69) is 10.1 Å². The fourth-order valence-corrected chi connectivity index (χ4v) is 1.67. The van der Waals surface area contributed by atoms with Crippen molar-refractivity contribution in [2.24, 2.45) is 0 Å². The number of carbonyl (C=O) groups is 1. The molecule has 0 aliphatic rings. The van der Waals surface area contributed by atoms with Crippen LogP contribution in [0.5, 0.6) is 0 Å². The summed E-state index contributed by atoms with van der Waals surface area (Å²) in [5.41, 5.74) is -0.116. The summed E-state index contributed by atoms with van der Waals surface area (Å²) >= 11 is 0. The number of halogens is 3. The van der Waals surface area contributed by atoms with Gasteiger partial charge in [0.2, 0.25) is 5.89 Å². The van der Waals surface area contributed by atoms with Crippen molar-refractivity contribution in [3.05, 3.63) is 47.1 Å². The van der Waals surface area contributed by atoms with Gasteiger partial charge in [-0.3, -0.25) is 4.79 Å². The van der Waals surface area contributed by atoms with E-state index in [-0.39, 0.29) is 25.2 Å². The van der Waals surface area contributed by atoms with Crippen LogP contribution < -0.4 is 0 Å². The molecule has 0 fully saturated rings. The number of hydrogen-bond acceptors (Lipinski definition) is 4. The number of aromatic nitrogens is 2. The Morgan fingerprint density at radius 3 is 2.48 bits per heavy atom. The Kier molecular flexibility index (Phi) is 4.25. The zero-order chi connectivity index (χ0) is 15.5. The van der Waals surface area contributed by atoms with Crippen LogP contribution in [-0.2, 0) is 23.8 Å². The van der Waals surface area contributed by atoms with E-state index in [9.17, 15) is 18.0 Å². The minimum Gasteiger partial charge on any atom is -0.481 e. The van der Waals surface area contributed by atoms with Gasteiger partial charge < -0.3 is 9.63 Å². The second kappa shape index (κ2) is 5.94. The van der Waals surface area contributed by atoms with Crippen LogP contribution in [0.2, 0.25) is 0 Å². The molecule has 0 bridgehead atoms. The minimum absolute atomic E-state index is 0.120. The van der Waals surface area contributed by atoms with Gasteiger partial charge >= 0.3 is 12.1 Å². The summed E-state index contributed by atoms with van der Waals surface area (Å²) in [6.07, 6.45) is -4.15. The van der Waals surface area contributed by atoms with Gasteiger partial charge in [0.1, 0.15) is 0 Å². The van der Waals surface area contributed by atoms with E-state index in [1.165, 1.54) is 12.1 Å². The summed E-state index contributed by atoms with van der Waals surface area (Å²) in [6.45, 7) is 0. The fraction of sp³-hybridized carbons (Fsp3) is 0.308. The molecule has 5 nitrogen and oxygen atoms in total. The fourth-order valence-electron chi connectivity index (χ4n) is 1.67. The molecule has 1 aromatic heterocycles. The first-order valence-corrected chi connectivity index (χ1v) is 6.04. The number of nitrogens with zero attached hydrogens (tertiary/aromatic N) is 2. The third-order valence-electron chi connectivity index (χ3n) is 2.71. The second-order valence-electron chi connectivity index (χ2n) is 4.37. The van der Waals surface area contributed by atoms with Gasteiger partial charge in [0.15, 0.2) is 5.82 Å². The quantitative estimate of drug-likeness (QED) is 0.918. The molecule has 2 aromatic rings. The summed E-state index contributed by atoms with van der Waals surface area (Å²) in [5, 5.41) is 12.2. The molecular formula is C13H11F3N2O3. The van der Waals surface area contributed by atoms with Gasteiger partial charge in [-0.15, -0.1) is 0 Å². The number of carboxylic acids is 1. The van der Waals surface area contributed by atoms with Crippen LogP contribution in [0.4, 0.5) is 13.2 Å². The highest BCUT2D eigenvalue weighted by Gasteiger charge is 2.29.